The molecule has 0 fully saturated rings. The molecule has 0 spiro atoms. The van der Waals surface area contributed by atoms with Gasteiger partial charge in [0.1, 0.15) is 10.8 Å². The fourth-order valence-electron chi connectivity index (χ4n) is 0.919. The van der Waals surface area contributed by atoms with Crippen LogP contribution in [0, 0.1) is 5.82 Å². The Bertz CT molecular complexity index is 440. The predicted molar refractivity (Wildman–Crippen MR) is 44.0 cm³/mol. The van der Waals surface area contributed by atoms with Crippen molar-refractivity contribution in [2.24, 2.45) is 0 Å². The molecule has 0 radical (unpaired) electrons. The zero-order valence-corrected chi connectivity index (χ0v) is 7.16. The molecule has 0 saturated heterocycles. The molecular weight excluding hydrogens is 204 g/mol. The Morgan fingerprint density at radius 3 is 2.83 bits per heavy atom. The largest absolute Gasteiger partial charge is 0.353 e. The molecule has 0 bridgehead atoms. The van der Waals surface area contributed by atoms with Crippen molar-refractivity contribution >= 4 is 34.2 Å². The summed E-state index contributed by atoms with van der Waals surface area (Å²) in [6.45, 7) is 0. The van der Waals surface area contributed by atoms with Crippen LogP contribution in [0.5, 0.6) is 0 Å². The summed E-state index contributed by atoms with van der Waals surface area (Å²) in [7, 11) is 0. The molecule has 1 aromatic carbocycles. The van der Waals surface area contributed by atoms with Crippen LogP contribution < -0.4 is 0 Å². The van der Waals surface area contributed by atoms with Gasteiger partial charge in [-0.25, -0.2) is 4.39 Å². The monoisotopic (exact) mass is 205 g/mol. The molecule has 0 aliphatic rings. The second-order valence-corrected chi connectivity index (χ2v) is 2.95. The highest BCUT2D eigenvalue weighted by Gasteiger charge is 2.12. The smallest absolute Gasteiger partial charge is 0.190 e. The van der Waals surface area contributed by atoms with Gasteiger partial charge in [0, 0.05) is 0 Å². The molecule has 0 saturated carbocycles. The molecule has 0 unspecified atom stereocenters. The molecule has 0 aliphatic carbocycles. The van der Waals surface area contributed by atoms with Gasteiger partial charge in [-0.3, -0.25) is 0 Å². The lowest BCUT2D eigenvalue weighted by atomic mass is 10.2. The van der Waals surface area contributed by atoms with E-state index in [9.17, 15) is 4.39 Å². The summed E-state index contributed by atoms with van der Waals surface area (Å²) in [5, 5.41) is 4.05. The number of fused-ring (bicyclic) bond motifs is 1. The van der Waals surface area contributed by atoms with Gasteiger partial charge in [0.05, 0.1) is 5.39 Å². The van der Waals surface area contributed by atoms with Gasteiger partial charge < -0.3 is 4.52 Å². The third-order valence-electron chi connectivity index (χ3n) is 1.49. The van der Waals surface area contributed by atoms with E-state index in [0.717, 1.165) is 0 Å². The Morgan fingerprint density at radius 1 is 1.33 bits per heavy atom. The van der Waals surface area contributed by atoms with E-state index >= 15 is 0 Å². The summed E-state index contributed by atoms with van der Waals surface area (Å²) in [4.78, 5) is 0. The number of halogens is 3. The van der Waals surface area contributed by atoms with Crippen LogP contribution in [-0.2, 0) is 0 Å². The van der Waals surface area contributed by atoms with E-state index in [1.807, 2.05) is 0 Å². The average molecular weight is 206 g/mol. The van der Waals surface area contributed by atoms with E-state index in [2.05, 4.69) is 5.16 Å². The summed E-state index contributed by atoms with van der Waals surface area (Å²) in [5.41, 5.74) is 0.182. The first-order chi connectivity index (χ1) is 5.70. The van der Waals surface area contributed by atoms with Gasteiger partial charge in [0.25, 0.3) is 0 Å². The highest BCUT2D eigenvalue weighted by molar-refractivity contribution is 6.38. The quantitative estimate of drug-likeness (QED) is 0.660. The summed E-state index contributed by atoms with van der Waals surface area (Å²) in [6.07, 6.45) is 0. The first-order valence-corrected chi connectivity index (χ1v) is 3.84. The summed E-state index contributed by atoms with van der Waals surface area (Å²) in [6, 6.07) is 2.68. The minimum atomic E-state index is -0.544. The zero-order valence-electron chi connectivity index (χ0n) is 5.64. The molecule has 2 nitrogen and oxygen atoms in total. The standard InChI is InChI=1S/C7H2Cl2FNO/c8-5-4(10)2-1-3-6(5)12-11-7(3)9/h1-2H. The van der Waals surface area contributed by atoms with E-state index in [0.29, 0.717) is 5.39 Å². The van der Waals surface area contributed by atoms with Crippen molar-refractivity contribution in [1.29, 1.82) is 0 Å². The molecule has 12 heavy (non-hydrogen) atoms. The van der Waals surface area contributed by atoms with Crippen LogP contribution in [0.15, 0.2) is 16.7 Å². The van der Waals surface area contributed by atoms with Crippen LogP contribution in [0.3, 0.4) is 0 Å². The van der Waals surface area contributed by atoms with E-state index in [4.69, 9.17) is 27.7 Å². The van der Waals surface area contributed by atoms with Crippen LogP contribution in [0.1, 0.15) is 0 Å². The lowest BCUT2D eigenvalue weighted by Gasteiger charge is -1.91. The molecule has 0 atom stereocenters. The average Bonchev–Trinajstić information content (AvgIpc) is 2.41. The second-order valence-electron chi connectivity index (χ2n) is 2.21. The van der Waals surface area contributed by atoms with Crippen molar-refractivity contribution in [1.82, 2.24) is 5.16 Å². The van der Waals surface area contributed by atoms with Gasteiger partial charge in [0.15, 0.2) is 10.7 Å². The van der Waals surface area contributed by atoms with Crippen molar-refractivity contribution in [3.8, 4) is 0 Å². The molecule has 2 rings (SSSR count). The highest BCUT2D eigenvalue weighted by Crippen LogP contribution is 2.30. The SMILES string of the molecule is Fc1ccc2c(Cl)noc2c1Cl. The summed E-state index contributed by atoms with van der Waals surface area (Å²) < 4.78 is 17.5. The maximum absolute atomic E-state index is 12.8. The van der Waals surface area contributed by atoms with Crippen molar-refractivity contribution in [3.05, 3.63) is 28.1 Å². The van der Waals surface area contributed by atoms with Gasteiger partial charge in [-0.2, -0.15) is 0 Å². The second kappa shape index (κ2) is 2.61. The van der Waals surface area contributed by atoms with Gasteiger partial charge in [-0.05, 0) is 12.1 Å². The lowest BCUT2D eigenvalue weighted by molar-refractivity contribution is 0.455. The third-order valence-corrected chi connectivity index (χ3v) is 2.11. The Hall–Kier alpha value is -0.800. The Kier molecular flexibility index (Phi) is 1.70. The van der Waals surface area contributed by atoms with E-state index in [-0.39, 0.29) is 15.8 Å². The van der Waals surface area contributed by atoms with Crippen molar-refractivity contribution in [3.63, 3.8) is 0 Å². The summed E-state index contributed by atoms with van der Waals surface area (Å²) in [5.74, 6) is -0.544. The van der Waals surface area contributed by atoms with Gasteiger partial charge in [-0.1, -0.05) is 28.4 Å². The van der Waals surface area contributed by atoms with E-state index in [1.165, 1.54) is 12.1 Å². The van der Waals surface area contributed by atoms with Crippen LogP contribution in [-0.4, -0.2) is 5.16 Å². The molecule has 1 heterocycles. The molecule has 62 valence electrons. The molecule has 0 aliphatic heterocycles. The van der Waals surface area contributed by atoms with Crippen molar-refractivity contribution in [2.45, 2.75) is 0 Å². The maximum Gasteiger partial charge on any atom is 0.190 e. The number of nitrogens with zero attached hydrogens (tertiary/aromatic N) is 1. The number of benzene rings is 1. The third kappa shape index (κ3) is 0.974. The minimum Gasteiger partial charge on any atom is -0.353 e. The topological polar surface area (TPSA) is 26.0 Å². The maximum atomic E-state index is 12.8. The number of aromatic nitrogens is 1. The lowest BCUT2D eigenvalue weighted by Crippen LogP contribution is -1.75. The first-order valence-electron chi connectivity index (χ1n) is 3.09. The first kappa shape index (κ1) is 7.83. The van der Waals surface area contributed by atoms with Crippen LogP contribution >= 0.6 is 23.2 Å². The molecule has 2 aromatic rings. The van der Waals surface area contributed by atoms with E-state index in [1.54, 1.807) is 0 Å². The Morgan fingerprint density at radius 2 is 2.08 bits per heavy atom. The highest BCUT2D eigenvalue weighted by atomic mass is 35.5. The van der Waals surface area contributed by atoms with E-state index < -0.39 is 5.82 Å². The van der Waals surface area contributed by atoms with Gasteiger partial charge in [0.2, 0.25) is 0 Å². The van der Waals surface area contributed by atoms with Gasteiger partial charge >= 0.3 is 0 Å². The Labute approximate surface area is 76.9 Å². The van der Waals surface area contributed by atoms with Crippen LogP contribution in [0.25, 0.3) is 11.0 Å². The molecule has 0 amide bonds. The number of rotatable bonds is 0. The van der Waals surface area contributed by atoms with Crippen molar-refractivity contribution < 1.29 is 8.91 Å². The van der Waals surface area contributed by atoms with Crippen LogP contribution in [0.4, 0.5) is 4.39 Å². The molecule has 0 N–H and O–H groups in total. The number of hydrogen-bond acceptors (Lipinski definition) is 2. The number of hydrogen-bond donors (Lipinski definition) is 0. The molecule has 1 aromatic heterocycles. The molecule has 5 heteroatoms. The summed E-state index contributed by atoms with van der Waals surface area (Å²) >= 11 is 11.2. The fraction of sp³-hybridized carbons (Fsp3) is 0. The van der Waals surface area contributed by atoms with Gasteiger partial charge in [-0.15, -0.1) is 0 Å². The fourth-order valence-corrected chi connectivity index (χ4v) is 1.30. The minimum absolute atomic E-state index is 0.0908. The van der Waals surface area contributed by atoms with Crippen molar-refractivity contribution in [2.75, 3.05) is 0 Å². The Balaban J connectivity index is 2.93. The van der Waals surface area contributed by atoms with Crippen LogP contribution in [0.2, 0.25) is 10.2 Å². The zero-order chi connectivity index (χ0) is 8.72. The normalized spacial score (nSPS) is 10.9. The molecular formula is C7H2Cl2FNO. The predicted octanol–water partition coefficient (Wildman–Crippen LogP) is 3.27.